The first-order valence-corrected chi connectivity index (χ1v) is 9.31. The summed E-state index contributed by atoms with van der Waals surface area (Å²) in [6.45, 7) is 3.14. The van der Waals surface area contributed by atoms with Crippen molar-refractivity contribution in [1.82, 2.24) is 9.80 Å². The van der Waals surface area contributed by atoms with Crippen molar-refractivity contribution in [1.29, 1.82) is 0 Å². The number of thiophene rings is 1. The summed E-state index contributed by atoms with van der Waals surface area (Å²) in [6, 6.07) is 3.65. The predicted molar refractivity (Wildman–Crippen MR) is 101 cm³/mol. The van der Waals surface area contributed by atoms with E-state index in [4.69, 9.17) is 14.9 Å². The average molecular weight is 400 g/mol. The van der Waals surface area contributed by atoms with Crippen molar-refractivity contribution >= 4 is 45.8 Å². The Bertz CT molecular complexity index is 762. The number of fused-ring (bicyclic) bond motifs is 1. The van der Waals surface area contributed by atoms with Gasteiger partial charge >= 0.3 is 0 Å². The lowest BCUT2D eigenvalue weighted by Gasteiger charge is -2.40. The molecule has 2 aliphatic heterocycles. The second kappa shape index (κ2) is 7.56. The Labute approximate surface area is 161 Å². The SMILES string of the molecule is Cl.NC1(C(=O)N2CCN(C(=O)c3cc4occc4s3)CC2)CCOCC1. The third-order valence-corrected chi connectivity index (χ3v) is 6.08. The van der Waals surface area contributed by atoms with Crippen molar-refractivity contribution in [3.05, 3.63) is 23.3 Å². The van der Waals surface area contributed by atoms with E-state index < -0.39 is 5.54 Å². The van der Waals surface area contributed by atoms with Gasteiger partial charge < -0.3 is 24.7 Å². The number of rotatable bonds is 2. The van der Waals surface area contributed by atoms with Crippen LogP contribution >= 0.6 is 23.7 Å². The van der Waals surface area contributed by atoms with Crippen LogP contribution in [-0.2, 0) is 9.53 Å². The van der Waals surface area contributed by atoms with Crippen LogP contribution in [0.1, 0.15) is 22.5 Å². The molecule has 4 heterocycles. The maximum absolute atomic E-state index is 12.7. The molecule has 2 N–H and O–H groups in total. The van der Waals surface area contributed by atoms with Gasteiger partial charge in [-0.2, -0.15) is 0 Å². The molecular weight excluding hydrogens is 378 g/mol. The van der Waals surface area contributed by atoms with Crippen molar-refractivity contribution in [3.63, 3.8) is 0 Å². The molecule has 0 saturated carbocycles. The molecule has 2 amide bonds. The highest BCUT2D eigenvalue weighted by Crippen LogP contribution is 2.28. The van der Waals surface area contributed by atoms with Crippen molar-refractivity contribution in [2.24, 2.45) is 5.73 Å². The van der Waals surface area contributed by atoms with Crippen molar-refractivity contribution in [2.45, 2.75) is 18.4 Å². The number of carbonyl (C=O) groups is 2. The van der Waals surface area contributed by atoms with Crippen LogP contribution < -0.4 is 5.73 Å². The van der Waals surface area contributed by atoms with Gasteiger partial charge in [0.2, 0.25) is 5.91 Å². The Morgan fingerprint density at radius 1 is 1.12 bits per heavy atom. The Hall–Kier alpha value is -1.61. The predicted octanol–water partition coefficient (Wildman–Crippen LogP) is 1.71. The van der Waals surface area contributed by atoms with Gasteiger partial charge in [0.25, 0.3) is 5.91 Å². The van der Waals surface area contributed by atoms with E-state index in [-0.39, 0.29) is 24.2 Å². The van der Waals surface area contributed by atoms with Crippen molar-refractivity contribution < 1.29 is 18.7 Å². The second-order valence-corrected chi connectivity index (χ2v) is 7.70. The van der Waals surface area contributed by atoms with Gasteiger partial charge in [0.1, 0.15) is 5.58 Å². The van der Waals surface area contributed by atoms with Crippen LogP contribution in [0.5, 0.6) is 0 Å². The number of furan rings is 1. The molecule has 2 aliphatic rings. The highest BCUT2D eigenvalue weighted by atomic mass is 35.5. The Morgan fingerprint density at radius 3 is 2.42 bits per heavy atom. The highest BCUT2D eigenvalue weighted by molar-refractivity contribution is 7.20. The summed E-state index contributed by atoms with van der Waals surface area (Å²) in [5, 5.41) is 0. The Balaban J connectivity index is 0.00000196. The first kappa shape index (κ1) is 19.2. The maximum atomic E-state index is 12.7. The standard InChI is InChI=1S/C17H21N3O4S.ClH/c18-17(2-9-23-10-3-17)16(22)20-6-4-19(5-7-20)15(21)14-11-12-13(25-14)1-8-24-12;/h1,8,11H,2-7,9-10,18H2;1H. The fraction of sp³-hybridized carbons (Fsp3) is 0.529. The van der Waals surface area contributed by atoms with Gasteiger partial charge in [-0.05, 0) is 18.9 Å². The molecule has 0 bridgehead atoms. The minimum Gasteiger partial charge on any atom is -0.463 e. The lowest BCUT2D eigenvalue weighted by molar-refractivity contribution is -0.142. The van der Waals surface area contributed by atoms with E-state index in [1.807, 2.05) is 6.07 Å². The Morgan fingerprint density at radius 2 is 1.77 bits per heavy atom. The molecule has 0 aliphatic carbocycles. The zero-order valence-corrected chi connectivity index (χ0v) is 15.9. The number of halogens is 1. The van der Waals surface area contributed by atoms with Gasteiger partial charge in [0.15, 0.2) is 0 Å². The number of hydrogen-bond acceptors (Lipinski definition) is 6. The van der Waals surface area contributed by atoms with E-state index in [9.17, 15) is 9.59 Å². The van der Waals surface area contributed by atoms with Crippen LogP contribution in [0.3, 0.4) is 0 Å². The third kappa shape index (κ3) is 3.46. The summed E-state index contributed by atoms with van der Waals surface area (Å²) in [4.78, 5) is 29.6. The van der Waals surface area contributed by atoms with E-state index in [2.05, 4.69) is 0 Å². The molecule has 2 aromatic rings. The molecule has 0 spiro atoms. The summed E-state index contributed by atoms with van der Waals surface area (Å²) < 4.78 is 11.6. The van der Waals surface area contributed by atoms with Gasteiger partial charge in [-0.3, -0.25) is 9.59 Å². The summed E-state index contributed by atoms with van der Waals surface area (Å²) in [6.07, 6.45) is 2.73. The van der Waals surface area contributed by atoms with Crippen LogP contribution in [0.15, 0.2) is 22.8 Å². The van der Waals surface area contributed by atoms with Crippen LogP contribution in [0.2, 0.25) is 0 Å². The molecule has 0 radical (unpaired) electrons. The number of nitrogens with zero attached hydrogens (tertiary/aromatic N) is 2. The normalized spacial score (nSPS) is 20.0. The Kier molecular flexibility index (Phi) is 5.57. The molecule has 4 rings (SSSR count). The first-order valence-electron chi connectivity index (χ1n) is 8.49. The molecule has 7 nitrogen and oxygen atoms in total. The van der Waals surface area contributed by atoms with E-state index in [1.165, 1.54) is 11.3 Å². The fourth-order valence-electron chi connectivity index (χ4n) is 3.40. The number of piperazine rings is 1. The monoisotopic (exact) mass is 399 g/mol. The summed E-state index contributed by atoms with van der Waals surface area (Å²) in [7, 11) is 0. The number of nitrogens with two attached hydrogens (primary N) is 1. The van der Waals surface area contributed by atoms with Gasteiger partial charge in [0, 0.05) is 45.5 Å². The van der Waals surface area contributed by atoms with Crippen LogP contribution in [0.4, 0.5) is 0 Å². The molecule has 2 saturated heterocycles. The maximum Gasteiger partial charge on any atom is 0.264 e. The minimum absolute atomic E-state index is 0. The van der Waals surface area contributed by atoms with Gasteiger partial charge in [-0.25, -0.2) is 0 Å². The lowest BCUT2D eigenvalue weighted by atomic mass is 9.89. The third-order valence-electron chi connectivity index (χ3n) is 5.02. The number of ether oxygens (including phenoxy) is 1. The van der Waals surface area contributed by atoms with Crippen LogP contribution in [0, 0.1) is 0 Å². The van der Waals surface area contributed by atoms with Gasteiger partial charge in [-0.1, -0.05) is 0 Å². The van der Waals surface area contributed by atoms with Gasteiger partial charge in [0.05, 0.1) is 21.4 Å². The summed E-state index contributed by atoms with van der Waals surface area (Å²) >= 11 is 1.44. The molecule has 2 aromatic heterocycles. The van der Waals surface area contributed by atoms with E-state index in [1.54, 1.807) is 22.1 Å². The zero-order chi connectivity index (χ0) is 17.4. The lowest BCUT2D eigenvalue weighted by Crippen LogP contribution is -2.61. The summed E-state index contributed by atoms with van der Waals surface area (Å²) in [5.74, 6) is -0.0198. The van der Waals surface area contributed by atoms with Crippen LogP contribution in [-0.4, -0.2) is 66.5 Å². The first-order chi connectivity index (χ1) is 12.1. The van der Waals surface area contributed by atoms with E-state index >= 15 is 0 Å². The molecule has 2 fully saturated rings. The largest absolute Gasteiger partial charge is 0.463 e. The van der Waals surface area contributed by atoms with Crippen LogP contribution in [0.25, 0.3) is 10.3 Å². The molecule has 0 unspecified atom stereocenters. The average Bonchev–Trinajstić information content (AvgIpc) is 3.23. The quantitative estimate of drug-likeness (QED) is 0.830. The molecule has 0 atom stereocenters. The molecular formula is C17H22ClN3O4S. The van der Waals surface area contributed by atoms with Gasteiger partial charge in [-0.15, -0.1) is 23.7 Å². The fourth-order valence-corrected chi connectivity index (χ4v) is 4.35. The van der Waals surface area contributed by atoms with Crippen molar-refractivity contribution in [2.75, 3.05) is 39.4 Å². The topological polar surface area (TPSA) is 89.0 Å². The van der Waals surface area contributed by atoms with E-state index in [0.29, 0.717) is 57.1 Å². The molecule has 26 heavy (non-hydrogen) atoms. The zero-order valence-electron chi connectivity index (χ0n) is 14.3. The molecule has 9 heteroatoms. The van der Waals surface area contributed by atoms with E-state index in [0.717, 1.165) is 10.3 Å². The second-order valence-electron chi connectivity index (χ2n) is 6.61. The van der Waals surface area contributed by atoms with Crippen molar-refractivity contribution in [3.8, 4) is 0 Å². The number of carbonyl (C=O) groups excluding carboxylic acids is 2. The minimum atomic E-state index is -0.817. The summed E-state index contributed by atoms with van der Waals surface area (Å²) in [5.41, 5.74) is 6.22. The number of amides is 2. The number of hydrogen-bond donors (Lipinski definition) is 1. The highest BCUT2D eigenvalue weighted by Gasteiger charge is 2.40. The molecule has 0 aromatic carbocycles. The molecule has 142 valence electrons. The smallest absolute Gasteiger partial charge is 0.264 e.